The largest absolute Gasteiger partial charge is 0.352 e. The van der Waals surface area contributed by atoms with Crippen molar-refractivity contribution < 1.29 is 14.0 Å². The Morgan fingerprint density at radius 2 is 1.64 bits per heavy atom. The van der Waals surface area contributed by atoms with Crippen LogP contribution in [-0.2, 0) is 22.6 Å². The maximum absolute atomic E-state index is 14.2. The molecule has 1 N–H and O–H groups in total. The fourth-order valence-electron chi connectivity index (χ4n) is 3.25. The van der Waals surface area contributed by atoms with Gasteiger partial charge in [0.15, 0.2) is 0 Å². The van der Waals surface area contributed by atoms with Gasteiger partial charge in [0.2, 0.25) is 11.8 Å². The van der Waals surface area contributed by atoms with E-state index in [1.807, 2.05) is 45.9 Å². The molecule has 0 aliphatic carbocycles. The molecular weight excluding hydrogens is 355 g/mol. The lowest BCUT2D eigenvalue weighted by Gasteiger charge is -2.29. The zero-order valence-electron chi connectivity index (χ0n) is 17.3. The minimum absolute atomic E-state index is 0.0419. The average molecular weight is 384 g/mol. The first-order valence-electron chi connectivity index (χ1n) is 9.57. The third-order valence-corrected chi connectivity index (χ3v) is 4.53. The standard InChI is InChI=1S/C23H29FN2O2/c1-15(2)25-23(28)18(5)26(14-20-8-6-7-9-21(20)24)22(27)13-19-11-16(3)10-17(4)12-19/h6-12,15,18H,13-14H2,1-5H3,(H,25,28)/t18-/m1/s1. The minimum atomic E-state index is -0.708. The molecule has 150 valence electrons. The van der Waals surface area contributed by atoms with Crippen molar-refractivity contribution in [3.05, 3.63) is 70.5 Å². The van der Waals surface area contributed by atoms with E-state index in [0.29, 0.717) is 5.56 Å². The van der Waals surface area contributed by atoms with Gasteiger partial charge in [0, 0.05) is 18.2 Å². The third-order valence-electron chi connectivity index (χ3n) is 4.53. The van der Waals surface area contributed by atoms with Gasteiger partial charge in [-0.05, 0) is 46.2 Å². The van der Waals surface area contributed by atoms with Crippen LogP contribution in [0, 0.1) is 19.7 Å². The van der Waals surface area contributed by atoms with Crippen LogP contribution in [0.3, 0.4) is 0 Å². The van der Waals surface area contributed by atoms with Crippen LogP contribution in [0.25, 0.3) is 0 Å². The Morgan fingerprint density at radius 1 is 1.04 bits per heavy atom. The monoisotopic (exact) mass is 384 g/mol. The van der Waals surface area contributed by atoms with Crippen LogP contribution in [0.1, 0.15) is 43.0 Å². The number of amides is 2. The predicted molar refractivity (Wildman–Crippen MR) is 109 cm³/mol. The highest BCUT2D eigenvalue weighted by Crippen LogP contribution is 2.16. The first kappa shape index (κ1) is 21.6. The van der Waals surface area contributed by atoms with Crippen molar-refractivity contribution in [3.63, 3.8) is 0 Å². The van der Waals surface area contributed by atoms with E-state index in [9.17, 15) is 14.0 Å². The van der Waals surface area contributed by atoms with E-state index in [4.69, 9.17) is 0 Å². The molecule has 0 fully saturated rings. The minimum Gasteiger partial charge on any atom is -0.352 e. The van der Waals surface area contributed by atoms with Gasteiger partial charge in [-0.25, -0.2) is 4.39 Å². The summed E-state index contributed by atoms with van der Waals surface area (Å²) >= 11 is 0. The van der Waals surface area contributed by atoms with Gasteiger partial charge in [-0.15, -0.1) is 0 Å². The second kappa shape index (κ2) is 9.49. The van der Waals surface area contributed by atoms with Crippen molar-refractivity contribution in [2.45, 2.75) is 59.7 Å². The van der Waals surface area contributed by atoms with Gasteiger partial charge in [-0.2, -0.15) is 0 Å². The van der Waals surface area contributed by atoms with Crippen LogP contribution in [-0.4, -0.2) is 28.8 Å². The molecule has 2 rings (SSSR count). The molecule has 0 unspecified atom stereocenters. The van der Waals surface area contributed by atoms with Crippen molar-refractivity contribution >= 4 is 11.8 Å². The van der Waals surface area contributed by atoms with Crippen molar-refractivity contribution in [3.8, 4) is 0 Å². The normalized spacial score (nSPS) is 12.0. The van der Waals surface area contributed by atoms with E-state index in [1.165, 1.54) is 11.0 Å². The first-order valence-corrected chi connectivity index (χ1v) is 9.57. The van der Waals surface area contributed by atoms with Crippen molar-refractivity contribution in [1.82, 2.24) is 10.2 Å². The molecule has 0 aliphatic heterocycles. The quantitative estimate of drug-likeness (QED) is 0.786. The van der Waals surface area contributed by atoms with E-state index in [1.54, 1.807) is 25.1 Å². The summed E-state index contributed by atoms with van der Waals surface area (Å²) in [5, 5.41) is 2.83. The van der Waals surface area contributed by atoms with Gasteiger partial charge >= 0.3 is 0 Å². The van der Waals surface area contributed by atoms with E-state index in [0.717, 1.165) is 16.7 Å². The van der Waals surface area contributed by atoms with Crippen LogP contribution in [0.2, 0.25) is 0 Å². The Bertz CT molecular complexity index is 828. The highest BCUT2D eigenvalue weighted by molar-refractivity contribution is 5.88. The SMILES string of the molecule is Cc1cc(C)cc(CC(=O)N(Cc2ccccc2F)[C@H](C)C(=O)NC(C)C)c1. The molecule has 1 atom stereocenters. The summed E-state index contributed by atoms with van der Waals surface area (Å²) in [6.45, 7) is 9.42. The van der Waals surface area contributed by atoms with Crippen LogP contribution in [0.15, 0.2) is 42.5 Å². The lowest BCUT2D eigenvalue weighted by Crippen LogP contribution is -2.49. The van der Waals surface area contributed by atoms with Crippen LogP contribution in [0.4, 0.5) is 4.39 Å². The molecule has 4 nitrogen and oxygen atoms in total. The number of hydrogen-bond donors (Lipinski definition) is 1. The predicted octanol–water partition coefficient (Wildman–Crippen LogP) is 3.93. The number of halogens is 1. The highest BCUT2D eigenvalue weighted by atomic mass is 19.1. The highest BCUT2D eigenvalue weighted by Gasteiger charge is 2.27. The van der Waals surface area contributed by atoms with Gasteiger partial charge < -0.3 is 10.2 Å². The molecule has 0 saturated heterocycles. The molecule has 0 aliphatic rings. The molecule has 0 bridgehead atoms. The second-order valence-electron chi connectivity index (χ2n) is 7.63. The second-order valence-corrected chi connectivity index (χ2v) is 7.63. The summed E-state index contributed by atoms with van der Waals surface area (Å²) in [7, 11) is 0. The van der Waals surface area contributed by atoms with Gasteiger partial charge in [-0.3, -0.25) is 9.59 Å². The summed E-state index contributed by atoms with van der Waals surface area (Å²) in [6, 6.07) is 11.6. The summed E-state index contributed by atoms with van der Waals surface area (Å²) in [5.74, 6) is -0.845. The number of hydrogen-bond acceptors (Lipinski definition) is 2. The smallest absolute Gasteiger partial charge is 0.242 e. The zero-order chi connectivity index (χ0) is 20.8. The molecule has 0 spiro atoms. The number of nitrogens with one attached hydrogen (secondary N) is 1. The Hall–Kier alpha value is -2.69. The van der Waals surface area contributed by atoms with E-state index in [-0.39, 0.29) is 36.6 Å². The molecule has 0 radical (unpaired) electrons. The van der Waals surface area contributed by atoms with Crippen molar-refractivity contribution in [2.75, 3.05) is 0 Å². The number of benzene rings is 2. The Balaban J connectivity index is 2.29. The number of rotatable bonds is 7. The van der Waals surface area contributed by atoms with Gasteiger partial charge in [-0.1, -0.05) is 47.5 Å². The Morgan fingerprint density at radius 3 is 2.21 bits per heavy atom. The van der Waals surface area contributed by atoms with E-state index < -0.39 is 6.04 Å². The van der Waals surface area contributed by atoms with Crippen molar-refractivity contribution in [1.29, 1.82) is 0 Å². The van der Waals surface area contributed by atoms with Gasteiger partial charge in [0.25, 0.3) is 0 Å². The first-order chi connectivity index (χ1) is 13.2. The molecule has 5 heteroatoms. The third kappa shape index (κ3) is 5.91. The number of nitrogens with zero attached hydrogens (tertiary/aromatic N) is 1. The summed E-state index contributed by atoms with van der Waals surface area (Å²) < 4.78 is 14.2. The molecule has 0 saturated carbocycles. The van der Waals surface area contributed by atoms with Crippen LogP contribution < -0.4 is 5.32 Å². The molecule has 0 aromatic heterocycles. The van der Waals surface area contributed by atoms with Crippen LogP contribution >= 0.6 is 0 Å². The Kier molecular flexibility index (Phi) is 7.32. The molecule has 2 amide bonds. The molecule has 28 heavy (non-hydrogen) atoms. The Labute approximate surface area is 166 Å². The fraction of sp³-hybridized carbons (Fsp3) is 0.391. The van der Waals surface area contributed by atoms with Gasteiger partial charge in [0.05, 0.1) is 6.42 Å². The van der Waals surface area contributed by atoms with E-state index >= 15 is 0 Å². The number of carbonyl (C=O) groups excluding carboxylic acids is 2. The number of carbonyl (C=O) groups is 2. The summed E-state index contributed by atoms with van der Waals surface area (Å²) in [6.07, 6.45) is 0.163. The lowest BCUT2D eigenvalue weighted by atomic mass is 10.0. The lowest BCUT2D eigenvalue weighted by molar-refractivity contribution is -0.140. The summed E-state index contributed by atoms with van der Waals surface area (Å²) in [5.41, 5.74) is 3.43. The molecule has 2 aromatic carbocycles. The van der Waals surface area contributed by atoms with Crippen LogP contribution in [0.5, 0.6) is 0 Å². The maximum Gasteiger partial charge on any atom is 0.242 e. The van der Waals surface area contributed by atoms with Crippen molar-refractivity contribution in [2.24, 2.45) is 0 Å². The van der Waals surface area contributed by atoms with E-state index in [2.05, 4.69) is 5.32 Å². The average Bonchev–Trinajstić information content (AvgIpc) is 2.58. The van der Waals surface area contributed by atoms with Gasteiger partial charge in [0.1, 0.15) is 11.9 Å². The molecule has 0 heterocycles. The fourth-order valence-corrected chi connectivity index (χ4v) is 3.25. The molecule has 2 aromatic rings. The molecular formula is C23H29FN2O2. The summed E-state index contributed by atoms with van der Waals surface area (Å²) in [4.78, 5) is 27.1. The number of aryl methyl sites for hydroxylation is 2. The topological polar surface area (TPSA) is 49.4 Å². The maximum atomic E-state index is 14.2. The zero-order valence-corrected chi connectivity index (χ0v) is 17.3.